The Morgan fingerprint density at radius 1 is 1.55 bits per heavy atom. The maximum atomic E-state index is 11.9. The van der Waals surface area contributed by atoms with Crippen LogP contribution in [0.3, 0.4) is 0 Å². The fourth-order valence-electron chi connectivity index (χ4n) is 1.70. The van der Waals surface area contributed by atoms with E-state index in [0.29, 0.717) is 22.9 Å². The van der Waals surface area contributed by atoms with Gasteiger partial charge in [0.05, 0.1) is 14.2 Å². The molecule has 7 nitrogen and oxygen atoms in total. The standard InChI is InChI=1S/C12H15ClN4O3/c1-19-9-5-3-4-8(13)10(9)11(12(18)20-2)15-6-7-16-17-14/h3-5,11,15H,6-7H2,1-2H3. The van der Waals surface area contributed by atoms with Crippen molar-refractivity contribution in [1.82, 2.24) is 5.32 Å². The van der Waals surface area contributed by atoms with Gasteiger partial charge in [0.2, 0.25) is 0 Å². The summed E-state index contributed by atoms with van der Waals surface area (Å²) in [7, 11) is 2.78. The number of azide groups is 1. The second-order valence-corrected chi connectivity index (χ2v) is 4.13. The Bertz CT molecular complexity index is 517. The number of esters is 1. The molecule has 20 heavy (non-hydrogen) atoms. The Labute approximate surface area is 121 Å². The van der Waals surface area contributed by atoms with Crippen LogP contribution in [0.2, 0.25) is 5.02 Å². The Balaban J connectivity index is 3.04. The number of carbonyl (C=O) groups is 1. The quantitative estimate of drug-likeness (QED) is 0.275. The number of hydrogen-bond acceptors (Lipinski definition) is 5. The second-order valence-electron chi connectivity index (χ2n) is 3.72. The molecule has 0 aromatic heterocycles. The van der Waals surface area contributed by atoms with Crippen molar-refractivity contribution >= 4 is 17.6 Å². The number of rotatable bonds is 7. The second kappa shape index (κ2) is 8.27. The lowest BCUT2D eigenvalue weighted by molar-refractivity contribution is -0.143. The minimum absolute atomic E-state index is 0.205. The summed E-state index contributed by atoms with van der Waals surface area (Å²) in [5.41, 5.74) is 8.72. The first kappa shape index (κ1) is 16.1. The topological polar surface area (TPSA) is 96.3 Å². The van der Waals surface area contributed by atoms with Gasteiger partial charge in [0.25, 0.3) is 0 Å². The summed E-state index contributed by atoms with van der Waals surface area (Å²) in [5.74, 6) is -0.0264. The molecule has 0 saturated heterocycles. The molecule has 1 aromatic carbocycles. The number of nitrogens with zero attached hydrogens (tertiary/aromatic N) is 3. The first-order chi connectivity index (χ1) is 9.65. The Kier molecular flexibility index (Phi) is 6.66. The summed E-state index contributed by atoms with van der Waals surface area (Å²) in [6.07, 6.45) is 0. The van der Waals surface area contributed by atoms with E-state index in [1.165, 1.54) is 14.2 Å². The predicted molar refractivity (Wildman–Crippen MR) is 74.8 cm³/mol. The number of halogens is 1. The molecule has 0 heterocycles. The minimum Gasteiger partial charge on any atom is -0.496 e. The van der Waals surface area contributed by atoms with Gasteiger partial charge in [-0.2, -0.15) is 0 Å². The van der Waals surface area contributed by atoms with Gasteiger partial charge >= 0.3 is 5.97 Å². The van der Waals surface area contributed by atoms with Crippen molar-refractivity contribution in [2.24, 2.45) is 5.11 Å². The van der Waals surface area contributed by atoms with E-state index >= 15 is 0 Å². The number of carbonyl (C=O) groups excluding carboxylic acids is 1. The molecule has 1 N–H and O–H groups in total. The first-order valence-corrected chi connectivity index (χ1v) is 6.18. The summed E-state index contributed by atoms with van der Waals surface area (Å²) in [6, 6.07) is 4.29. The van der Waals surface area contributed by atoms with Gasteiger partial charge in [-0.1, -0.05) is 22.8 Å². The summed E-state index contributed by atoms with van der Waals surface area (Å²) in [4.78, 5) is 14.5. The van der Waals surface area contributed by atoms with E-state index in [2.05, 4.69) is 15.3 Å². The van der Waals surface area contributed by atoms with E-state index in [0.717, 1.165) is 0 Å². The molecule has 0 fully saturated rings. The summed E-state index contributed by atoms with van der Waals surface area (Å²) in [6.45, 7) is 0.509. The lowest BCUT2D eigenvalue weighted by atomic mass is 10.1. The van der Waals surface area contributed by atoms with Crippen LogP contribution in [0.1, 0.15) is 11.6 Å². The Morgan fingerprint density at radius 3 is 2.90 bits per heavy atom. The van der Waals surface area contributed by atoms with Gasteiger partial charge in [0.15, 0.2) is 0 Å². The number of methoxy groups -OCH3 is 2. The molecular weight excluding hydrogens is 284 g/mol. The molecular formula is C12H15ClN4O3. The molecule has 0 amide bonds. The van der Waals surface area contributed by atoms with Crippen LogP contribution in [0.15, 0.2) is 23.3 Å². The maximum Gasteiger partial charge on any atom is 0.327 e. The molecule has 0 spiro atoms. The van der Waals surface area contributed by atoms with Gasteiger partial charge in [-0.15, -0.1) is 0 Å². The lowest BCUT2D eigenvalue weighted by Crippen LogP contribution is -2.32. The van der Waals surface area contributed by atoms with E-state index in [1.54, 1.807) is 18.2 Å². The van der Waals surface area contributed by atoms with Crippen molar-refractivity contribution in [2.75, 3.05) is 27.3 Å². The third kappa shape index (κ3) is 4.03. The maximum absolute atomic E-state index is 11.9. The van der Waals surface area contributed by atoms with E-state index in [9.17, 15) is 4.79 Å². The van der Waals surface area contributed by atoms with Crippen molar-refractivity contribution in [3.05, 3.63) is 39.2 Å². The number of benzene rings is 1. The average molecular weight is 299 g/mol. The predicted octanol–water partition coefficient (Wildman–Crippen LogP) is 2.46. The normalized spacial score (nSPS) is 11.3. The zero-order valence-electron chi connectivity index (χ0n) is 11.2. The minimum atomic E-state index is -0.794. The van der Waals surface area contributed by atoms with Gasteiger partial charge in [-0.3, -0.25) is 0 Å². The molecule has 0 radical (unpaired) electrons. The van der Waals surface area contributed by atoms with Gasteiger partial charge in [0.1, 0.15) is 11.8 Å². The fourth-order valence-corrected chi connectivity index (χ4v) is 1.98. The highest BCUT2D eigenvalue weighted by molar-refractivity contribution is 6.31. The highest BCUT2D eigenvalue weighted by atomic mass is 35.5. The highest BCUT2D eigenvalue weighted by Crippen LogP contribution is 2.32. The van der Waals surface area contributed by atoms with E-state index < -0.39 is 12.0 Å². The van der Waals surface area contributed by atoms with Crippen molar-refractivity contribution in [1.29, 1.82) is 0 Å². The van der Waals surface area contributed by atoms with Gasteiger partial charge in [0, 0.05) is 28.6 Å². The molecule has 108 valence electrons. The van der Waals surface area contributed by atoms with Crippen molar-refractivity contribution in [3.8, 4) is 5.75 Å². The van der Waals surface area contributed by atoms with Crippen LogP contribution >= 0.6 is 11.6 Å². The van der Waals surface area contributed by atoms with Crippen LogP contribution < -0.4 is 10.1 Å². The van der Waals surface area contributed by atoms with Crippen LogP contribution in [0.4, 0.5) is 0 Å². The zero-order valence-corrected chi connectivity index (χ0v) is 11.9. The van der Waals surface area contributed by atoms with Crippen molar-refractivity contribution < 1.29 is 14.3 Å². The molecule has 1 atom stereocenters. The Hall–Kier alpha value is -1.95. The van der Waals surface area contributed by atoms with Crippen LogP contribution in [-0.4, -0.2) is 33.3 Å². The van der Waals surface area contributed by atoms with Gasteiger partial charge < -0.3 is 14.8 Å². The van der Waals surface area contributed by atoms with Crippen LogP contribution in [0.25, 0.3) is 10.4 Å². The van der Waals surface area contributed by atoms with Crippen LogP contribution in [0.5, 0.6) is 5.75 Å². The molecule has 0 saturated carbocycles. The van der Waals surface area contributed by atoms with Crippen LogP contribution in [0, 0.1) is 0 Å². The first-order valence-electron chi connectivity index (χ1n) is 5.80. The van der Waals surface area contributed by atoms with Gasteiger partial charge in [-0.05, 0) is 17.7 Å². The number of nitrogens with one attached hydrogen (secondary N) is 1. The zero-order chi connectivity index (χ0) is 15.0. The van der Waals surface area contributed by atoms with E-state index in [4.69, 9.17) is 26.6 Å². The molecule has 0 bridgehead atoms. The third-order valence-corrected chi connectivity index (χ3v) is 2.91. The molecule has 8 heteroatoms. The molecule has 1 aromatic rings. The molecule has 0 aliphatic heterocycles. The van der Waals surface area contributed by atoms with E-state index in [-0.39, 0.29) is 6.54 Å². The lowest BCUT2D eigenvalue weighted by Gasteiger charge is -2.20. The van der Waals surface area contributed by atoms with Crippen molar-refractivity contribution in [3.63, 3.8) is 0 Å². The highest BCUT2D eigenvalue weighted by Gasteiger charge is 2.26. The van der Waals surface area contributed by atoms with E-state index in [1.807, 2.05) is 0 Å². The third-order valence-electron chi connectivity index (χ3n) is 2.58. The molecule has 0 aliphatic rings. The SMILES string of the molecule is COC(=O)C(NCCN=[N+]=[N-])c1c(Cl)cccc1OC. The van der Waals surface area contributed by atoms with Crippen LogP contribution in [-0.2, 0) is 9.53 Å². The summed E-state index contributed by atoms with van der Waals surface area (Å²) >= 11 is 6.13. The molecule has 0 aliphatic carbocycles. The van der Waals surface area contributed by atoms with Crippen molar-refractivity contribution in [2.45, 2.75) is 6.04 Å². The monoisotopic (exact) mass is 298 g/mol. The molecule has 1 rings (SSSR count). The fraction of sp³-hybridized carbons (Fsp3) is 0.417. The molecule has 1 unspecified atom stereocenters. The smallest absolute Gasteiger partial charge is 0.327 e. The number of hydrogen-bond donors (Lipinski definition) is 1. The number of ether oxygens (including phenoxy) is 2. The summed E-state index contributed by atoms with van der Waals surface area (Å²) < 4.78 is 9.97. The van der Waals surface area contributed by atoms with Gasteiger partial charge in [-0.25, -0.2) is 4.79 Å². The average Bonchev–Trinajstić information content (AvgIpc) is 2.47. The Morgan fingerprint density at radius 2 is 2.30 bits per heavy atom. The summed E-state index contributed by atoms with van der Waals surface area (Å²) in [5, 5.41) is 6.71. The largest absolute Gasteiger partial charge is 0.496 e.